The van der Waals surface area contributed by atoms with Crippen molar-refractivity contribution in [3.05, 3.63) is 47.4 Å². The van der Waals surface area contributed by atoms with Crippen LogP contribution in [0.5, 0.6) is 0 Å². The van der Waals surface area contributed by atoms with Gasteiger partial charge in [0.05, 0.1) is 11.6 Å². The maximum atomic E-state index is 8.90. The van der Waals surface area contributed by atoms with Gasteiger partial charge < -0.3 is 0 Å². The van der Waals surface area contributed by atoms with Gasteiger partial charge in [0.15, 0.2) is 0 Å². The SMILES string of the molecule is Cc1cc(C#N)cc(-n2cccc2C#N)n1. The van der Waals surface area contributed by atoms with Crippen LogP contribution in [0.4, 0.5) is 0 Å². The molecule has 2 heterocycles. The summed E-state index contributed by atoms with van der Waals surface area (Å²) in [5.74, 6) is 0.595. The van der Waals surface area contributed by atoms with Gasteiger partial charge in [-0.25, -0.2) is 4.98 Å². The summed E-state index contributed by atoms with van der Waals surface area (Å²) in [7, 11) is 0. The molecule has 0 amide bonds. The number of hydrogen-bond acceptors (Lipinski definition) is 3. The minimum Gasteiger partial charge on any atom is -0.293 e. The highest BCUT2D eigenvalue weighted by atomic mass is 15.1. The molecule has 4 nitrogen and oxygen atoms in total. The number of hydrogen-bond donors (Lipinski definition) is 0. The first-order valence-corrected chi connectivity index (χ1v) is 4.71. The van der Waals surface area contributed by atoms with Crippen LogP contribution >= 0.6 is 0 Å². The van der Waals surface area contributed by atoms with Crippen LogP contribution in [0, 0.1) is 29.6 Å². The number of nitriles is 2. The molecule has 0 aliphatic rings. The molecule has 0 saturated carbocycles. The third-order valence-electron chi connectivity index (χ3n) is 2.18. The molecule has 0 spiro atoms. The van der Waals surface area contributed by atoms with Crippen LogP contribution in [0.2, 0.25) is 0 Å². The molecular formula is C12H8N4. The Morgan fingerprint density at radius 2 is 2.06 bits per heavy atom. The third-order valence-corrected chi connectivity index (χ3v) is 2.18. The fraction of sp³-hybridized carbons (Fsp3) is 0.0833. The van der Waals surface area contributed by atoms with Crippen molar-refractivity contribution < 1.29 is 0 Å². The highest BCUT2D eigenvalue weighted by Crippen LogP contribution is 2.12. The average Bonchev–Trinajstić information content (AvgIpc) is 2.76. The van der Waals surface area contributed by atoms with E-state index in [1.165, 1.54) is 0 Å². The van der Waals surface area contributed by atoms with E-state index in [1.807, 2.05) is 6.92 Å². The second-order valence-electron chi connectivity index (χ2n) is 3.34. The van der Waals surface area contributed by atoms with Crippen LogP contribution in [0.25, 0.3) is 5.82 Å². The summed E-state index contributed by atoms with van der Waals surface area (Å²) in [6, 6.07) is 11.0. The molecule has 0 aliphatic carbocycles. The Balaban J connectivity index is 2.62. The Bertz CT molecular complexity index is 611. The zero-order valence-corrected chi connectivity index (χ0v) is 8.68. The summed E-state index contributed by atoms with van der Waals surface area (Å²) in [5, 5.41) is 17.8. The van der Waals surface area contributed by atoms with E-state index in [4.69, 9.17) is 10.5 Å². The number of rotatable bonds is 1. The number of aromatic nitrogens is 2. The maximum absolute atomic E-state index is 8.90. The standard InChI is InChI=1S/C12H8N4/c1-9-5-10(7-13)6-12(15-9)16-4-2-3-11(16)8-14/h2-6H,1H3. The van der Waals surface area contributed by atoms with Crippen LogP contribution in [-0.2, 0) is 0 Å². The van der Waals surface area contributed by atoms with E-state index in [0.717, 1.165) is 5.69 Å². The Kier molecular flexibility index (Phi) is 2.41. The molecule has 0 aromatic carbocycles. The second kappa shape index (κ2) is 3.88. The molecule has 0 N–H and O–H groups in total. The van der Waals surface area contributed by atoms with Gasteiger partial charge in [0.2, 0.25) is 0 Å². The Morgan fingerprint density at radius 3 is 2.75 bits per heavy atom. The molecule has 0 aliphatic heterocycles. The molecule has 2 aromatic heterocycles. The lowest BCUT2D eigenvalue weighted by Gasteiger charge is -2.05. The van der Waals surface area contributed by atoms with Crippen molar-refractivity contribution in [2.45, 2.75) is 6.92 Å². The third kappa shape index (κ3) is 1.65. The Hall–Kier alpha value is -2.59. The average molecular weight is 208 g/mol. The van der Waals surface area contributed by atoms with Crippen LogP contribution in [-0.4, -0.2) is 9.55 Å². The molecule has 0 bridgehead atoms. The second-order valence-corrected chi connectivity index (χ2v) is 3.34. The van der Waals surface area contributed by atoms with Crippen molar-refractivity contribution in [2.75, 3.05) is 0 Å². The van der Waals surface area contributed by atoms with Gasteiger partial charge >= 0.3 is 0 Å². The Morgan fingerprint density at radius 1 is 1.25 bits per heavy atom. The lowest BCUT2D eigenvalue weighted by molar-refractivity contribution is 0.969. The summed E-state index contributed by atoms with van der Waals surface area (Å²) < 4.78 is 1.66. The quantitative estimate of drug-likeness (QED) is 0.719. The lowest BCUT2D eigenvalue weighted by Crippen LogP contribution is -2.00. The van der Waals surface area contributed by atoms with E-state index < -0.39 is 0 Å². The molecule has 0 atom stereocenters. The maximum Gasteiger partial charge on any atom is 0.139 e. The highest BCUT2D eigenvalue weighted by Gasteiger charge is 2.05. The predicted octanol–water partition coefficient (Wildman–Crippen LogP) is 1.92. The van der Waals surface area contributed by atoms with Crippen molar-refractivity contribution in [1.29, 1.82) is 10.5 Å². The molecule has 0 radical (unpaired) electrons. The van der Waals surface area contributed by atoms with Gasteiger partial charge in [-0.3, -0.25) is 4.57 Å². The van der Waals surface area contributed by atoms with E-state index in [0.29, 0.717) is 17.1 Å². The summed E-state index contributed by atoms with van der Waals surface area (Å²) in [6.45, 7) is 1.82. The van der Waals surface area contributed by atoms with Crippen molar-refractivity contribution in [3.8, 4) is 18.0 Å². The molecular weight excluding hydrogens is 200 g/mol. The monoisotopic (exact) mass is 208 g/mol. The van der Waals surface area contributed by atoms with Crippen molar-refractivity contribution in [1.82, 2.24) is 9.55 Å². The topological polar surface area (TPSA) is 65.4 Å². The fourth-order valence-electron chi connectivity index (χ4n) is 1.51. The molecule has 2 rings (SSSR count). The Labute approximate surface area is 93.0 Å². The van der Waals surface area contributed by atoms with Crippen LogP contribution in [0.15, 0.2) is 30.5 Å². The number of aryl methyl sites for hydroxylation is 1. The van der Waals surface area contributed by atoms with Gasteiger partial charge in [-0.15, -0.1) is 0 Å². The zero-order chi connectivity index (χ0) is 11.5. The molecule has 16 heavy (non-hydrogen) atoms. The van der Waals surface area contributed by atoms with Crippen molar-refractivity contribution in [3.63, 3.8) is 0 Å². The van der Waals surface area contributed by atoms with Crippen LogP contribution in [0.3, 0.4) is 0 Å². The van der Waals surface area contributed by atoms with Gasteiger partial charge in [-0.05, 0) is 31.2 Å². The van der Waals surface area contributed by atoms with E-state index in [9.17, 15) is 0 Å². The van der Waals surface area contributed by atoms with Crippen molar-refractivity contribution in [2.24, 2.45) is 0 Å². The van der Waals surface area contributed by atoms with Crippen molar-refractivity contribution >= 4 is 0 Å². The molecule has 76 valence electrons. The minimum absolute atomic E-state index is 0.502. The van der Waals surface area contributed by atoms with Gasteiger partial charge in [0.25, 0.3) is 0 Å². The first-order chi connectivity index (χ1) is 7.74. The zero-order valence-electron chi connectivity index (χ0n) is 8.68. The molecule has 0 saturated heterocycles. The van der Waals surface area contributed by atoms with Gasteiger partial charge in [-0.1, -0.05) is 0 Å². The molecule has 4 heteroatoms. The molecule has 2 aromatic rings. The summed E-state index contributed by atoms with van der Waals surface area (Å²) >= 11 is 0. The van der Waals surface area contributed by atoms with E-state index in [2.05, 4.69) is 17.1 Å². The summed E-state index contributed by atoms with van der Waals surface area (Å²) in [6.07, 6.45) is 1.75. The highest BCUT2D eigenvalue weighted by molar-refractivity contribution is 5.41. The first kappa shape index (κ1) is 9.95. The lowest BCUT2D eigenvalue weighted by atomic mass is 10.2. The van der Waals surface area contributed by atoms with Crippen LogP contribution < -0.4 is 0 Å². The predicted molar refractivity (Wildman–Crippen MR) is 57.7 cm³/mol. The van der Waals surface area contributed by atoms with Crippen LogP contribution in [0.1, 0.15) is 17.0 Å². The summed E-state index contributed by atoms with van der Waals surface area (Å²) in [5.41, 5.74) is 1.80. The first-order valence-electron chi connectivity index (χ1n) is 4.71. The van der Waals surface area contributed by atoms with E-state index in [-0.39, 0.29) is 0 Å². The van der Waals surface area contributed by atoms with Gasteiger partial charge in [0, 0.05) is 11.9 Å². The largest absolute Gasteiger partial charge is 0.293 e. The smallest absolute Gasteiger partial charge is 0.139 e. The minimum atomic E-state index is 0.502. The number of nitrogens with zero attached hydrogens (tertiary/aromatic N) is 4. The fourth-order valence-corrected chi connectivity index (χ4v) is 1.51. The normalized spacial score (nSPS) is 9.44. The van der Waals surface area contributed by atoms with E-state index >= 15 is 0 Å². The molecule has 0 unspecified atom stereocenters. The molecule has 0 fully saturated rings. The number of pyridine rings is 1. The van der Waals surface area contributed by atoms with Gasteiger partial charge in [-0.2, -0.15) is 10.5 Å². The van der Waals surface area contributed by atoms with E-state index in [1.54, 1.807) is 35.0 Å². The summed E-state index contributed by atoms with van der Waals surface area (Å²) in [4.78, 5) is 4.29. The van der Waals surface area contributed by atoms with Gasteiger partial charge in [0.1, 0.15) is 17.6 Å².